The second-order valence-corrected chi connectivity index (χ2v) is 8.31. The van der Waals surface area contributed by atoms with E-state index in [0.717, 1.165) is 0 Å². The Bertz CT molecular complexity index is 872. The van der Waals surface area contributed by atoms with Gasteiger partial charge in [-0.25, -0.2) is 9.78 Å². The average Bonchev–Trinajstić information content (AvgIpc) is 3.33. The molecular formula is C21H38N10O5. The number of carboxylic acids is 1. The number of aliphatic carboxylic acids is 1. The molecule has 0 radical (unpaired) electrons. The normalized spacial score (nSPS) is 14.1. The number of aromatic amines is 1. The number of H-pyrrole nitrogens is 1. The molecule has 1 rings (SSSR count). The van der Waals surface area contributed by atoms with Gasteiger partial charge < -0.3 is 49.0 Å². The van der Waals surface area contributed by atoms with Crippen molar-refractivity contribution in [3.63, 3.8) is 0 Å². The number of amides is 3. The van der Waals surface area contributed by atoms with E-state index in [1.165, 1.54) is 19.4 Å². The van der Waals surface area contributed by atoms with Gasteiger partial charge in [0.25, 0.3) is 0 Å². The summed E-state index contributed by atoms with van der Waals surface area (Å²) in [4.78, 5) is 60.1. The number of hydrogen-bond donors (Lipinski definition) is 9. The van der Waals surface area contributed by atoms with E-state index in [1.807, 2.05) is 0 Å². The maximum absolute atomic E-state index is 13.0. The first-order chi connectivity index (χ1) is 17.0. The van der Waals surface area contributed by atoms with Crippen molar-refractivity contribution in [3.05, 3.63) is 18.2 Å². The summed E-state index contributed by atoms with van der Waals surface area (Å²) in [5.41, 5.74) is 22.5. The number of unbranched alkanes of at least 4 members (excludes halogenated alkanes) is 1. The molecule has 0 saturated carbocycles. The minimum Gasteiger partial charge on any atom is -0.480 e. The number of carbonyl (C=O) groups is 4. The fourth-order valence-electron chi connectivity index (χ4n) is 3.18. The van der Waals surface area contributed by atoms with Crippen LogP contribution in [0.15, 0.2) is 17.5 Å². The monoisotopic (exact) mass is 510 g/mol. The van der Waals surface area contributed by atoms with Gasteiger partial charge in [0, 0.05) is 24.9 Å². The largest absolute Gasteiger partial charge is 0.480 e. The zero-order valence-corrected chi connectivity index (χ0v) is 20.4. The van der Waals surface area contributed by atoms with E-state index in [0.29, 0.717) is 38.0 Å². The summed E-state index contributed by atoms with van der Waals surface area (Å²) in [7, 11) is 0. The summed E-state index contributed by atoms with van der Waals surface area (Å²) in [6.07, 6.45) is 5.07. The van der Waals surface area contributed by atoms with E-state index >= 15 is 0 Å². The molecule has 15 heteroatoms. The maximum Gasteiger partial charge on any atom is 0.326 e. The molecule has 4 unspecified atom stereocenters. The lowest BCUT2D eigenvalue weighted by Gasteiger charge is -2.23. The van der Waals surface area contributed by atoms with Crippen LogP contribution in [-0.4, -0.2) is 82.0 Å². The molecule has 0 saturated heterocycles. The van der Waals surface area contributed by atoms with Gasteiger partial charge in [-0.3, -0.25) is 19.4 Å². The molecule has 0 aromatic carbocycles. The van der Waals surface area contributed by atoms with Crippen molar-refractivity contribution in [3.8, 4) is 0 Å². The van der Waals surface area contributed by atoms with Crippen molar-refractivity contribution in [2.75, 3.05) is 13.1 Å². The highest BCUT2D eigenvalue weighted by atomic mass is 16.4. The zero-order valence-electron chi connectivity index (χ0n) is 20.4. The summed E-state index contributed by atoms with van der Waals surface area (Å²) in [5, 5.41) is 16.9. The first-order valence-electron chi connectivity index (χ1n) is 11.7. The first kappa shape index (κ1) is 30.3. The predicted octanol–water partition coefficient (Wildman–Crippen LogP) is -2.98. The zero-order chi connectivity index (χ0) is 27.1. The van der Waals surface area contributed by atoms with Gasteiger partial charge >= 0.3 is 5.97 Å². The smallest absolute Gasteiger partial charge is 0.326 e. The van der Waals surface area contributed by atoms with Gasteiger partial charge in [-0.2, -0.15) is 0 Å². The lowest BCUT2D eigenvalue weighted by atomic mass is 10.1. The summed E-state index contributed by atoms with van der Waals surface area (Å²) >= 11 is 0. The van der Waals surface area contributed by atoms with E-state index in [4.69, 9.17) is 22.9 Å². The third-order valence-electron chi connectivity index (χ3n) is 5.23. The van der Waals surface area contributed by atoms with Crippen molar-refractivity contribution in [2.45, 2.75) is 69.6 Å². The fourth-order valence-corrected chi connectivity index (χ4v) is 3.18. The van der Waals surface area contributed by atoms with Crippen LogP contribution in [-0.2, 0) is 25.6 Å². The second kappa shape index (κ2) is 16.0. The van der Waals surface area contributed by atoms with Gasteiger partial charge in [0.2, 0.25) is 17.7 Å². The SMILES string of the molecule is CC(NC(=O)C(Cc1cnc[nH]1)NC(=O)C(N)CCCN=C(N)N)C(=O)NC(CCCCN)C(=O)O. The molecule has 36 heavy (non-hydrogen) atoms. The number of nitrogens with zero attached hydrogens (tertiary/aromatic N) is 2. The molecule has 0 fully saturated rings. The molecule has 4 atom stereocenters. The number of imidazole rings is 1. The van der Waals surface area contributed by atoms with Gasteiger partial charge in [0.05, 0.1) is 12.4 Å². The van der Waals surface area contributed by atoms with E-state index in [-0.39, 0.29) is 25.2 Å². The van der Waals surface area contributed by atoms with Gasteiger partial charge in [-0.05, 0) is 45.6 Å². The van der Waals surface area contributed by atoms with Crippen LogP contribution < -0.4 is 38.9 Å². The van der Waals surface area contributed by atoms with Crippen LogP contribution in [0.25, 0.3) is 0 Å². The quantitative estimate of drug-likeness (QED) is 0.0582. The molecule has 0 aliphatic rings. The third-order valence-corrected chi connectivity index (χ3v) is 5.23. The summed E-state index contributed by atoms with van der Waals surface area (Å²) in [5.74, 6) is -3.14. The van der Waals surface area contributed by atoms with Crippen molar-refractivity contribution in [1.82, 2.24) is 25.9 Å². The van der Waals surface area contributed by atoms with E-state index in [1.54, 1.807) is 0 Å². The van der Waals surface area contributed by atoms with Crippen LogP contribution in [0.2, 0.25) is 0 Å². The fraction of sp³-hybridized carbons (Fsp3) is 0.619. The van der Waals surface area contributed by atoms with E-state index < -0.39 is 47.9 Å². The Labute approximate surface area is 209 Å². The Hall–Kier alpha value is -3.72. The van der Waals surface area contributed by atoms with Crippen LogP contribution in [0.4, 0.5) is 0 Å². The Morgan fingerprint density at radius 1 is 1.03 bits per heavy atom. The Morgan fingerprint density at radius 2 is 1.72 bits per heavy atom. The Morgan fingerprint density at radius 3 is 2.31 bits per heavy atom. The molecule has 0 aliphatic heterocycles. The molecule has 1 aromatic heterocycles. The van der Waals surface area contributed by atoms with Crippen LogP contribution in [0, 0.1) is 0 Å². The number of nitrogens with two attached hydrogens (primary N) is 4. The van der Waals surface area contributed by atoms with Crippen LogP contribution in [0.5, 0.6) is 0 Å². The van der Waals surface area contributed by atoms with Crippen molar-refractivity contribution in [1.29, 1.82) is 0 Å². The average molecular weight is 511 g/mol. The molecule has 13 N–H and O–H groups in total. The first-order valence-corrected chi connectivity index (χ1v) is 11.7. The minimum atomic E-state index is -1.18. The summed E-state index contributed by atoms with van der Waals surface area (Å²) in [6.45, 7) is 2.13. The number of aromatic nitrogens is 2. The highest BCUT2D eigenvalue weighted by Gasteiger charge is 2.28. The highest BCUT2D eigenvalue weighted by molar-refractivity contribution is 5.94. The number of nitrogens with one attached hydrogen (secondary N) is 4. The van der Waals surface area contributed by atoms with E-state index in [9.17, 15) is 24.3 Å². The summed E-state index contributed by atoms with van der Waals surface area (Å²) < 4.78 is 0. The second-order valence-electron chi connectivity index (χ2n) is 8.31. The number of hydrogen-bond acceptors (Lipinski definition) is 8. The topological polar surface area (TPSA) is 270 Å². The van der Waals surface area contributed by atoms with Gasteiger partial charge in [-0.15, -0.1) is 0 Å². The van der Waals surface area contributed by atoms with Crippen molar-refractivity contribution in [2.24, 2.45) is 27.9 Å². The van der Waals surface area contributed by atoms with Crippen LogP contribution >= 0.6 is 0 Å². The molecule has 0 bridgehead atoms. The lowest BCUT2D eigenvalue weighted by Crippen LogP contribution is -2.56. The molecule has 1 aromatic rings. The molecule has 15 nitrogen and oxygen atoms in total. The van der Waals surface area contributed by atoms with Crippen molar-refractivity contribution >= 4 is 29.7 Å². The number of carbonyl (C=O) groups excluding carboxylic acids is 3. The predicted molar refractivity (Wildman–Crippen MR) is 132 cm³/mol. The van der Waals surface area contributed by atoms with Gasteiger partial charge in [0.1, 0.15) is 18.1 Å². The Kier molecular flexibility index (Phi) is 13.5. The molecule has 202 valence electrons. The molecule has 0 aliphatic carbocycles. The summed E-state index contributed by atoms with van der Waals surface area (Å²) in [6, 6.07) is -4.16. The molecule has 0 spiro atoms. The standard InChI is InChI=1S/C21H38N10O5/c1-12(17(32)30-15(20(35)36)6-2-3-7-22)29-19(34)16(9-13-10-26-11-28-13)31-18(33)14(23)5-4-8-27-21(24)25/h10-12,14-16H,2-9,22-23H2,1H3,(H,26,28)(H,29,34)(H,30,32)(H,31,33)(H,35,36)(H4,24,25,27). The van der Waals surface area contributed by atoms with Crippen LogP contribution in [0.3, 0.4) is 0 Å². The van der Waals surface area contributed by atoms with Gasteiger partial charge in [-0.1, -0.05) is 0 Å². The third kappa shape index (κ3) is 11.6. The molecule has 3 amide bonds. The van der Waals surface area contributed by atoms with E-state index in [2.05, 4.69) is 30.9 Å². The molecular weight excluding hydrogens is 472 g/mol. The highest BCUT2D eigenvalue weighted by Crippen LogP contribution is 2.04. The number of carboxylic acid groups (broad SMARTS) is 1. The maximum atomic E-state index is 13.0. The molecule has 1 heterocycles. The Balaban J connectivity index is 2.77. The number of guanidine groups is 1. The number of rotatable bonds is 17. The minimum absolute atomic E-state index is 0.0590. The van der Waals surface area contributed by atoms with Gasteiger partial charge in [0.15, 0.2) is 5.96 Å². The lowest BCUT2D eigenvalue weighted by molar-refractivity contribution is -0.142. The van der Waals surface area contributed by atoms with Crippen molar-refractivity contribution < 1.29 is 24.3 Å². The number of aliphatic imine (C=N–C) groups is 1. The van der Waals surface area contributed by atoms with Crippen LogP contribution in [0.1, 0.15) is 44.7 Å².